The van der Waals surface area contributed by atoms with Crippen LogP contribution in [0.15, 0.2) is 0 Å². The van der Waals surface area contributed by atoms with Crippen molar-refractivity contribution in [3.05, 3.63) is 0 Å². The van der Waals surface area contributed by atoms with Crippen molar-refractivity contribution in [2.75, 3.05) is 13.2 Å². The summed E-state index contributed by atoms with van der Waals surface area (Å²) < 4.78 is 5.06. The van der Waals surface area contributed by atoms with Crippen LogP contribution < -0.4 is 5.73 Å². The molecule has 0 fully saturated rings. The number of nitrogens with two attached hydrogens (primary N) is 1. The summed E-state index contributed by atoms with van der Waals surface area (Å²) >= 11 is 0. The van der Waals surface area contributed by atoms with E-state index in [0.717, 1.165) is 0 Å². The van der Waals surface area contributed by atoms with Crippen LogP contribution in [0.1, 0.15) is 20.8 Å². The predicted octanol–water partition coefficient (Wildman–Crippen LogP) is -0.649. The first kappa shape index (κ1) is 13.9. The topological polar surface area (TPSA) is 52.3 Å². The maximum atomic E-state index is 10.7. The average molecular weight is 263 g/mol. The number of rotatable bonds is 4. The molecule has 0 rings (SSSR count). The molecule has 0 atom stereocenters. The van der Waals surface area contributed by atoms with E-state index in [1.54, 1.807) is 13.8 Å². The SMILES string of the molecule is CCOCC(C)(C)C(N)=O.[InH3]. The number of carbonyl (C=O) groups is 1. The molecule has 0 aliphatic heterocycles. The van der Waals surface area contributed by atoms with Crippen LogP contribution >= 0.6 is 0 Å². The van der Waals surface area contributed by atoms with Crippen LogP contribution in [0.5, 0.6) is 0 Å². The van der Waals surface area contributed by atoms with Crippen LogP contribution in [0.3, 0.4) is 0 Å². The molecular weight excluding hydrogens is 245 g/mol. The van der Waals surface area contributed by atoms with Gasteiger partial charge in [-0.15, -0.1) is 0 Å². The molecule has 2 N–H and O–H groups in total. The first-order valence-electron chi connectivity index (χ1n) is 3.38. The molecule has 0 aliphatic rings. The Labute approximate surface area is 86.5 Å². The van der Waals surface area contributed by atoms with E-state index in [1.165, 1.54) is 0 Å². The molecule has 0 aromatic carbocycles. The molecule has 0 radical (unpaired) electrons. The monoisotopic (exact) mass is 263 g/mol. The minimum atomic E-state index is -0.532. The molecule has 0 saturated carbocycles. The van der Waals surface area contributed by atoms with E-state index < -0.39 is 5.41 Å². The Morgan fingerprint density at radius 1 is 1.55 bits per heavy atom. The maximum absolute atomic E-state index is 10.7. The van der Waals surface area contributed by atoms with Gasteiger partial charge in [0.25, 0.3) is 0 Å². The van der Waals surface area contributed by atoms with Crippen molar-refractivity contribution in [1.82, 2.24) is 0 Å². The number of hydrogen-bond donors (Lipinski definition) is 1. The zero-order valence-corrected chi connectivity index (χ0v) is 6.81. The Morgan fingerprint density at radius 3 is 2.27 bits per heavy atom. The predicted molar refractivity (Wildman–Crippen MR) is 49.4 cm³/mol. The van der Waals surface area contributed by atoms with E-state index in [4.69, 9.17) is 10.5 Å². The van der Waals surface area contributed by atoms with E-state index in [9.17, 15) is 4.79 Å². The van der Waals surface area contributed by atoms with Gasteiger partial charge in [0.2, 0.25) is 5.91 Å². The molecule has 0 aromatic heterocycles. The molecule has 1 amide bonds. The summed E-state index contributed by atoms with van der Waals surface area (Å²) in [4.78, 5) is 10.7. The Balaban J connectivity index is 0. The molecule has 3 nitrogen and oxygen atoms in total. The van der Waals surface area contributed by atoms with Gasteiger partial charge in [-0.2, -0.15) is 0 Å². The van der Waals surface area contributed by atoms with Crippen molar-refractivity contribution in [3.8, 4) is 0 Å². The van der Waals surface area contributed by atoms with Crippen LogP contribution in [-0.2, 0) is 9.53 Å². The van der Waals surface area contributed by atoms with Gasteiger partial charge in [-0.3, -0.25) is 4.79 Å². The second kappa shape index (κ2) is 5.89. The second-order valence-corrected chi connectivity index (χ2v) is 2.89. The van der Waals surface area contributed by atoms with Crippen LogP contribution in [0.2, 0.25) is 0 Å². The third-order valence-corrected chi connectivity index (χ3v) is 1.33. The first-order chi connectivity index (χ1) is 4.50. The Kier molecular flexibility index (Phi) is 7.42. The minimum absolute atomic E-state index is 0. The number of hydrogen-bond acceptors (Lipinski definition) is 2. The summed E-state index contributed by atoms with van der Waals surface area (Å²) in [6.07, 6.45) is 0. The number of amides is 1. The fourth-order valence-electron chi connectivity index (χ4n) is 0.428. The summed E-state index contributed by atoms with van der Waals surface area (Å²) in [5.74, 6) is -0.319. The third-order valence-electron chi connectivity index (χ3n) is 1.33. The Morgan fingerprint density at radius 2 is 2.00 bits per heavy atom. The summed E-state index contributed by atoms with van der Waals surface area (Å²) in [5.41, 5.74) is 4.56. The van der Waals surface area contributed by atoms with E-state index in [-0.39, 0.29) is 31.8 Å². The van der Waals surface area contributed by atoms with Gasteiger partial charge < -0.3 is 10.5 Å². The third kappa shape index (κ3) is 5.56. The van der Waals surface area contributed by atoms with Gasteiger partial charge in [-0.05, 0) is 20.8 Å². The van der Waals surface area contributed by atoms with Gasteiger partial charge >= 0.3 is 25.8 Å². The van der Waals surface area contributed by atoms with Gasteiger partial charge in [0, 0.05) is 6.61 Å². The molecule has 0 unspecified atom stereocenters. The fourth-order valence-corrected chi connectivity index (χ4v) is 0.428. The van der Waals surface area contributed by atoms with Crippen LogP contribution in [-0.4, -0.2) is 45.0 Å². The van der Waals surface area contributed by atoms with E-state index in [1.807, 2.05) is 6.92 Å². The van der Waals surface area contributed by atoms with Gasteiger partial charge in [-0.25, -0.2) is 0 Å². The van der Waals surface area contributed by atoms with Crippen molar-refractivity contribution >= 4 is 31.8 Å². The van der Waals surface area contributed by atoms with Crippen LogP contribution in [0.4, 0.5) is 0 Å². The van der Waals surface area contributed by atoms with Crippen molar-refractivity contribution < 1.29 is 9.53 Å². The molecular formula is C7H18InNO2. The van der Waals surface area contributed by atoms with E-state index in [0.29, 0.717) is 13.2 Å². The Hall–Kier alpha value is 0.300. The second-order valence-electron chi connectivity index (χ2n) is 2.89. The van der Waals surface area contributed by atoms with Crippen molar-refractivity contribution in [1.29, 1.82) is 0 Å². The first-order valence-corrected chi connectivity index (χ1v) is 3.38. The molecule has 0 aromatic rings. The van der Waals surface area contributed by atoms with Gasteiger partial charge in [0.15, 0.2) is 0 Å². The molecule has 0 saturated heterocycles. The molecule has 0 bridgehead atoms. The quantitative estimate of drug-likeness (QED) is 0.732. The van der Waals surface area contributed by atoms with E-state index >= 15 is 0 Å². The van der Waals surface area contributed by atoms with E-state index in [2.05, 4.69) is 0 Å². The zero-order valence-electron chi connectivity index (χ0n) is 6.81. The Bertz CT molecular complexity index is 126. The van der Waals surface area contributed by atoms with Gasteiger partial charge in [0.05, 0.1) is 12.0 Å². The van der Waals surface area contributed by atoms with Crippen LogP contribution in [0, 0.1) is 5.41 Å². The summed E-state index contributed by atoms with van der Waals surface area (Å²) in [7, 11) is 0. The fraction of sp³-hybridized carbons (Fsp3) is 0.857. The number of primary amides is 1. The number of ether oxygens (including phenoxy) is 1. The molecule has 11 heavy (non-hydrogen) atoms. The molecule has 0 spiro atoms. The number of carbonyl (C=O) groups excluding carboxylic acids is 1. The van der Waals surface area contributed by atoms with Gasteiger partial charge in [0.1, 0.15) is 0 Å². The standard InChI is InChI=1S/C7H15NO2.In.3H/c1-4-10-5-7(2,3)6(8)9;;;;/h4-5H2,1-3H3,(H2,8,9);;;;. The van der Waals surface area contributed by atoms with Crippen LogP contribution in [0.25, 0.3) is 0 Å². The van der Waals surface area contributed by atoms with Crippen molar-refractivity contribution in [3.63, 3.8) is 0 Å². The molecule has 0 aliphatic carbocycles. The molecule has 4 heteroatoms. The van der Waals surface area contributed by atoms with Gasteiger partial charge in [-0.1, -0.05) is 0 Å². The molecule has 0 heterocycles. The summed E-state index contributed by atoms with van der Waals surface area (Å²) in [5, 5.41) is 0. The van der Waals surface area contributed by atoms with Crippen molar-refractivity contribution in [2.45, 2.75) is 20.8 Å². The molecule has 66 valence electrons. The summed E-state index contributed by atoms with van der Waals surface area (Å²) in [6, 6.07) is 0. The average Bonchev–Trinajstić information content (AvgIpc) is 1.84. The van der Waals surface area contributed by atoms with Crippen molar-refractivity contribution in [2.24, 2.45) is 11.1 Å². The normalized spacial score (nSPS) is 10.5. The summed E-state index contributed by atoms with van der Waals surface area (Å²) in [6.45, 7) is 6.45. The zero-order chi connectivity index (χ0) is 8.20.